The first-order chi connectivity index (χ1) is 35.0. The molecule has 0 aliphatic rings. The molecule has 71 heavy (non-hydrogen) atoms. The van der Waals surface area contributed by atoms with Crippen LogP contribution in [0.25, 0.3) is 0 Å². The van der Waals surface area contributed by atoms with Crippen molar-refractivity contribution >= 4 is 17.9 Å². The molecule has 0 aliphatic carbocycles. The van der Waals surface area contributed by atoms with Crippen molar-refractivity contribution in [1.82, 2.24) is 0 Å². The minimum atomic E-state index is -0.769. The first-order valence-electron chi connectivity index (χ1n) is 31.8. The summed E-state index contributed by atoms with van der Waals surface area (Å²) in [4.78, 5) is 38.2. The first-order valence-corrected chi connectivity index (χ1v) is 31.8. The number of hydrogen-bond donors (Lipinski definition) is 0. The van der Waals surface area contributed by atoms with Gasteiger partial charge in [-0.2, -0.15) is 0 Å². The van der Waals surface area contributed by atoms with Gasteiger partial charge in [0.15, 0.2) is 6.10 Å². The molecular formula is C65H122O6. The van der Waals surface area contributed by atoms with E-state index in [0.717, 1.165) is 64.2 Å². The fraction of sp³-hybridized carbons (Fsp3) is 0.892. The van der Waals surface area contributed by atoms with Gasteiger partial charge in [0.2, 0.25) is 0 Å². The molecule has 0 spiro atoms. The molecule has 1 unspecified atom stereocenters. The van der Waals surface area contributed by atoms with Gasteiger partial charge < -0.3 is 14.2 Å². The highest BCUT2D eigenvalue weighted by atomic mass is 16.6. The van der Waals surface area contributed by atoms with E-state index in [1.807, 2.05) is 0 Å². The number of unbranched alkanes of at least 4 members (excludes halogenated alkanes) is 44. The van der Waals surface area contributed by atoms with Crippen LogP contribution in [0.15, 0.2) is 24.3 Å². The Kier molecular flexibility index (Phi) is 58.6. The van der Waals surface area contributed by atoms with Crippen molar-refractivity contribution < 1.29 is 28.6 Å². The predicted octanol–water partition coefficient (Wildman–Crippen LogP) is 21.4. The third kappa shape index (κ3) is 58.7. The monoisotopic (exact) mass is 999 g/mol. The zero-order chi connectivity index (χ0) is 51.4. The first kappa shape index (κ1) is 68.9. The van der Waals surface area contributed by atoms with Crippen LogP contribution in [-0.4, -0.2) is 37.2 Å². The quantitative estimate of drug-likeness (QED) is 0.0261. The molecule has 0 radical (unpaired) electrons. The lowest BCUT2D eigenvalue weighted by Gasteiger charge is -2.18. The lowest BCUT2D eigenvalue weighted by atomic mass is 10.0. The highest BCUT2D eigenvalue weighted by Crippen LogP contribution is 2.18. The van der Waals surface area contributed by atoms with Gasteiger partial charge in [-0.3, -0.25) is 14.4 Å². The Balaban J connectivity index is 4.25. The van der Waals surface area contributed by atoms with Crippen LogP contribution in [0.2, 0.25) is 0 Å². The van der Waals surface area contributed by atoms with Gasteiger partial charge in [-0.25, -0.2) is 0 Å². The van der Waals surface area contributed by atoms with Crippen molar-refractivity contribution in [2.75, 3.05) is 13.2 Å². The van der Waals surface area contributed by atoms with Crippen LogP contribution in [0.4, 0.5) is 0 Å². The third-order valence-corrected chi connectivity index (χ3v) is 14.5. The summed E-state index contributed by atoms with van der Waals surface area (Å²) in [5, 5.41) is 0. The Labute approximate surface area is 443 Å². The molecule has 0 N–H and O–H groups in total. The molecule has 0 aromatic heterocycles. The van der Waals surface area contributed by atoms with Gasteiger partial charge in [-0.05, 0) is 51.4 Å². The van der Waals surface area contributed by atoms with Crippen LogP contribution in [0.5, 0.6) is 0 Å². The fourth-order valence-corrected chi connectivity index (χ4v) is 9.65. The summed E-state index contributed by atoms with van der Waals surface area (Å²) < 4.78 is 16.9. The van der Waals surface area contributed by atoms with Crippen LogP contribution >= 0.6 is 0 Å². The summed E-state index contributed by atoms with van der Waals surface area (Å²) in [6.07, 6.45) is 71.8. The van der Waals surface area contributed by atoms with E-state index < -0.39 is 6.10 Å². The topological polar surface area (TPSA) is 78.9 Å². The minimum Gasteiger partial charge on any atom is -0.462 e. The van der Waals surface area contributed by atoms with Crippen LogP contribution in [0.3, 0.4) is 0 Å². The second kappa shape index (κ2) is 60.4. The number of ether oxygens (including phenoxy) is 3. The molecule has 0 heterocycles. The molecule has 0 amide bonds. The number of allylic oxidation sites excluding steroid dienone is 4. The Bertz CT molecular complexity index is 1150. The third-order valence-electron chi connectivity index (χ3n) is 14.5. The van der Waals surface area contributed by atoms with Crippen LogP contribution in [-0.2, 0) is 28.6 Å². The molecule has 0 rings (SSSR count). The summed E-state index contributed by atoms with van der Waals surface area (Å²) in [6, 6.07) is 0. The largest absolute Gasteiger partial charge is 0.462 e. The van der Waals surface area contributed by atoms with E-state index in [1.54, 1.807) is 0 Å². The highest BCUT2D eigenvalue weighted by molar-refractivity contribution is 5.71. The Morgan fingerprint density at radius 3 is 0.803 bits per heavy atom. The van der Waals surface area contributed by atoms with Crippen molar-refractivity contribution in [3.63, 3.8) is 0 Å². The molecule has 6 nitrogen and oxygen atoms in total. The lowest BCUT2D eigenvalue weighted by Crippen LogP contribution is -2.30. The van der Waals surface area contributed by atoms with Gasteiger partial charge in [-0.15, -0.1) is 0 Å². The normalized spacial score (nSPS) is 12.1. The molecular weight excluding hydrogens is 877 g/mol. The summed E-state index contributed by atoms with van der Waals surface area (Å²) in [6.45, 7) is 6.67. The molecule has 6 heteroatoms. The maximum atomic E-state index is 12.9. The Morgan fingerprint density at radius 2 is 0.507 bits per heavy atom. The second-order valence-electron chi connectivity index (χ2n) is 21.7. The Hall–Kier alpha value is -2.11. The fourth-order valence-electron chi connectivity index (χ4n) is 9.65. The summed E-state index contributed by atoms with van der Waals surface area (Å²) in [5.74, 6) is -0.845. The van der Waals surface area contributed by atoms with Crippen LogP contribution < -0.4 is 0 Å². The van der Waals surface area contributed by atoms with Gasteiger partial charge in [-0.1, -0.05) is 308 Å². The van der Waals surface area contributed by atoms with E-state index in [4.69, 9.17) is 14.2 Å². The number of carbonyl (C=O) groups excluding carboxylic acids is 3. The second-order valence-corrected chi connectivity index (χ2v) is 21.7. The Morgan fingerprint density at radius 1 is 0.282 bits per heavy atom. The standard InChI is InChI=1S/C65H122O6/c1-4-7-10-13-16-19-22-25-27-29-31-32-33-35-36-38-40-43-46-49-52-55-58-64(67)70-61-62(60-69-63(66)57-54-51-48-45-42-24-21-18-15-12-9-6-3)71-65(68)59-56-53-50-47-44-41-39-37-34-30-28-26-23-20-17-14-11-8-5-2/h17,20,26,28,62H,4-16,18-19,21-25,27,29-61H2,1-3H3/b20-17-,28-26-. The lowest BCUT2D eigenvalue weighted by molar-refractivity contribution is -0.167. The van der Waals surface area contributed by atoms with Gasteiger partial charge in [0, 0.05) is 19.3 Å². The van der Waals surface area contributed by atoms with E-state index in [1.165, 1.54) is 250 Å². The molecule has 0 saturated carbocycles. The summed E-state index contributed by atoms with van der Waals surface area (Å²) in [5.41, 5.74) is 0. The maximum absolute atomic E-state index is 12.9. The number of hydrogen-bond acceptors (Lipinski definition) is 6. The van der Waals surface area contributed by atoms with Gasteiger partial charge in [0.1, 0.15) is 13.2 Å². The molecule has 0 bridgehead atoms. The van der Waals surface area contributed by atoms with Crippen molar-refractivity contribution in [1.29, 1.82) is 0 Å². The maximum Gasteiger partial charge on any atom is 0.306 e. The average molecular weight is 1000 g/mol. The summed E-state index contributed by atoms with van der Waals surface area (Å²) >= 11 is 0. The van der Waals surface area contributed by atoms with Crippen LogP contribution in [0.1, 0.15) is 355 Å². The van der Waals surface area contributed by atoms with Crippen molar-refractivity contribution in [3.05, 3.63) is 24.3 Å². The van der Waals surface area contributed by atoms with Gasteiger partial charge >= 0.3 is 17.9 Å². The van der Waals surface area contributed by atoms with E-state index in [0.29, 0.717) is 19.3 Å². The van der Waals surface area contributed by atoms with Gasteiger partial charge in [0.25, 0.3) is 0 Å². The molecule has 0 aromatic carbocycles. The van der Waals surface area contributed by atoms with Crippen molar-refractivity contribution in [2.45, 2.75) is 361 Å². The van der Waals surface area contributed by atoms with Crippen molar-refractivity contribution in [3.8, 4) is 0 Å². The number of rotatable bonds is 59. The van der Waals surface area contributed by atoms with Gasteiger partial charge in [0.05, 0.1) is 0 Å². The predicted molar refractivity (Wildman–Crippen MR) is 307 cm³/mol. The van der Waals surface area contributed by atoms with E-state index in [2.05, 4.69) is 45.1 Å². The SMILES string of the molecule is CCCCC/C=C\C/C=C\CCCCCCCCCCCC(=O)OC(COC(=O)CCCCCCCCCCCCCC)COC(=O)CCCCCCCCCCCCCCCCCCCCCCCC. The van der Waals surface area contributed by atoms with E-state index in [9.17, 15) is 14.4 Å². The number of esters is 3. The number of carbonyl (C=O) groups is 3. The van der Waals surface area contributed by atoms with Crippen molar-refractivity contribution in [2.24, 2.45) is 0 Å². The zero-order valence-corrected chi connectivity index (χ0v) is 48.0. The smallest absolute Gasteiger partial charge is 0.306 e. The molecule has 418 valence electrons. The van der Waals surface area contributed by atoms with Crippen LogP contribution in [0, 0.1) is 0 Å². The molecule has 0 fully saturated rings. The molecule has 1 atom stereocenters. The van der Waals surface area contributed by atoms with E-state index in [-0.39, 0.29) is 31.1 Å². The van der Waals surface area contributed by atoms with E-state index >= 15 is 0 Å². The highest BCUT2D eigenvalue weighted by Gasteiger charge is 2.19. The molecule has 0 aliphatic heterocycles. The summed E-state index contributed by atoms with van der Waals surface area (Å²) in [7, 11) is 0. The molecule has 0 aromatic rings. The average Bonchev–Trinajstić information content (AvgIpc) is 3.37. The minimum absolute atomic E-state index is 0.0669. The molecule has 0 saturated heterocycles. The zero-order valence-electron chi connectivity index (χ0n) is 48.0.